The molecule has 10 nitrogen and oxygen atoms in total. The van der Waals surface area contributed by atoms with E-state index in [9.17, 15) is 13.2 Å². The maximum absolute atomic E-state index is 13.3. The lowest BCUT2D eigenvalue weighted by Crippen LogP contribution is -2.07. The zero-order valence-corrected chi connectivity index (χ0v) is 21.4. The Balaban J connectivity index is 1.17. The van der Waals surface area contributed by atoms with Gasteiger partial charge in [0.2, 0.25) is 5.88 Å². The number of hydrogen-bond acceptors (Lipinski definition) is 8. The molecule has 2 N–H and O–H groups in total. The smallest absolute Gasteiger partial charge is 0.434 e. The van der Waals surface area contributed by atoms with Crippen LogP contribution in [0.25, 0.3) is 33.9 Å². The van der Waals surface area contributed by atoms with Crippen LogP contribution >= 0.6 is 0 Å². The summed E-state index contributed by atoms with van der Waals surface area (Å²) < 4.78 is 47.1. The standard InChI is InChI=1S/C27H24F3N9O/c1-40-26-19(20(15-6-7-15)32-13-35-26)22-37-23(21-24(38-22)34-12-33-21)31-10-14-2-4-16(5-3-14)25-36-18(27(28,29)30)11-39(25)17-8-9-17/h2-5,11-13,15,17H,6-10H2,1H3,(H2,31,33,34,37,38). The first-order valence-electron chi connectivity index (χ1n) is 13.0. The summed E-state index contributed by atoms with van der Waals surface area (Å²) >= 11 is 0. The average Bonchev–Trinajstić information content (AvgIpc) is 3.89. The van der Waals surface area contributed by atoms with E-state index in [0.29, 0.717) is 58.1 Å². The molecule has 0 aliphatic heterocycles. The first-order valence-corrected chi connectivity index (χ1v) is 13.0. The summed E-state index contributed by atoms with van der Waals surface area (Å²) in [6.45, 7) is 0.410. The second-order valence-corrected chi connectivity index (χ2v) is 10.1. The molecule has 13 heteroatoms. The number of halogens is 3. The number of aromatic nitrogens is 8. The van der Waals surface area contributed by atoms with Crippen LogP contribution in [0.3, 0.4) is 0 Å². The van der Waals surface area contributed by atoms with Gasteiger partial charge in [-0.3, -0.25) is 0 Å². The van der Waals surface area contributed by atoms with Crippen LogP contribution in [0.2, 0.25) is 0 Å². The molecule has 7 rings (SSSR count). The molecule has 2 aliphatic carbocycles. The molecule has 2 fully saturated rings. The number of nitrogens with one attached hydrogen (secondary N) is 2. The van der Waals surface area contributed by atoms with E-state index < -0.39 is 11.9 Å². The number of nitrogens with zero attached hydrogens (tertiary/aromatic N) is 7. The summed E-state index contributed by atoms with van der Waals surface area (Å²) in [7, 11) is 1.55. The predicted octanol–water partition coefficient (Wildman–Crippen LogP) is 5.53. The van der Waals surface area contributed by atoms with Gasteiger partial charge in [-0.2, -0.15) is 13.2 Å². The number of anilines is 1. The molecule has 4 heterocycles. The number of ether oxygens (including phenoxy) is 1. The van der Waals surface area contributed by atoms with Crippen molar-refractivity contribution < 1.29 is 17.9 Å². The monoisotopic (exact) mass is 547 g/mol. The topological polar surface area (TPSA) is 119 Å². The summed E-state index contributed by atoms with van der Waals surface area (Å²) in [5.74, 6) is 2.03. The number of alkyl halides is 3. The zero-order chi connectivity index (χ0) is 27.4. The van der Waals surface area contributed by atoms with Crippen molar-refractivity contribution in [1.82, 2.24) is 39.5 Å². The van der Waals surface area contributed by atoms with Crippen molar-refractivity contribution in [2.45, 2.75) is 50.4 Å². The van der Waals surface area contributed by atoms with Gasteiger partial charge >= 0.3 is 6.18 Å². The first kappa shape index (κ1) is 24.5. The van der Waals surface area contributed by atoms with Gasteiger partial charge < -0.3 is 19.6 Å². The van der Waals surface area contributed by atoms with Gasteiger partial charge in [0.25, 0.3) is 0 Å². The number of aromatic amines is 1. The van der Waals surface area contributed by atoms with Crippen molar-refractivity contribution in [2.24, 2.45) is 0 Å². The maximum atomic E-state index is 13.3. The number of imidazole rings is 2. The number of fused-ring (bicyclic) bond motifs is 1. The first-order chi connectivity index (χ1) is 19.4. The Kier molecular flexibility index (Phi) is 5.68. The van der Waals surface area contributed by atoms with Crippen molar-refractivity contribution in [3.63, 3.8) is 0 Å². The van der Waals surface area contributed by atoms with E-state index in [4.69, 9.17) is 9.72 Å². The third kappa shape index (κ3) is 4.50. The molecule has 4 aromatic heterocycles. The number of hydrogen-bond donors (Lipinski definition) is 2. The number of benzene rings is 1. The molecular formula is C27H24F3N9O. The lowest BCUT2D eigenvalue weighted by molar-refractivity contribution is -0.140. The highest BCUT2D eigenvalue weighted by Crippen LogP contribution is 2.45. The van der Waals surface area contributed by atoms with E-state index in [2.05, 4.69) is 35.2 Å². The molecule has 0 spiro atoms. The summed E-state index contributed by atoms with van der Waals surface area (Å²) in [6, 6.07) is 7.39. The second-order valence-electron chi connectivity index (χ2n) is 10.1. The molecule has 204 valence electrons. The number of rotatable bonds is 8. The maximum Gasteiger partial charge on any atom is 0.434 e. The fraction of sp³-hybridized carbons (Fsp3) is 0.333. The van der Waals surface area contributed by atoms with Gasteiger partial charge in [0.1, 0.15) is 23.2 Å². The lowest BCUT2D eigenvalue weighted by atomic mass is 10.1. The van der Waals surface area contributed by atoms with Gasteiger partial charge in [-0.1, -0.05) is 24.3 Å². The van der Waals surface area contributed by atoms with Gasteiger partial charge in [-0.15, -0.1) is 0 Å². The Morgan fingerprint density at radius 1 is 1.02 bits per heavy atom. The highest BCUT2D eigenvalue weighted by atomic mass is 19.4. The highest BCUT2D eigenvalue weighted by Gasteiger charge is 2.37. The van der Waals surface area contributed by atoms with E-state index in [1.807, 2.05) is 12.1 Å². The Bertz CT molecular complexity index is 1700. The number of H-pyrrole nitrogens is 1. The van der Waals surface area contributed by atoms with Crippen molar-refractivity contribution in [3.8, 4) is 28.7 Å². The SMILES string of the molecule is COc1ncnc(C2CC2)c1-c1nc(NCc2ccc(-c3nc(C(F)(F)F)cn3C3CC3)cc2)c2[nH]cnc2n1. The summed E-state index contributed by atoms with van der Waals surface area (Å²) in [4.78, 5) is 29.6. The molecule has 0 bridgehead atoms. The summed E-state index contributed by atoms with van der Waals surface area (Å²) in [5, 5.41) is 3.35. The number of methoxy groups -OCH3 is 1. The summed E-state index contributed by atoms with van der Waals surface area (Å²) in [5.41, 5.74) is 3.34. The molecule has 0 radical (unpaired) electrons. The molecular weight excluding hydrogens is 523 g/mol. The fourth-order valence-corrected chi connectivity index (χ4v) is 4.82. The molecule has 2 aliphatic rings. The second kappa shape index (κ2) is 9.28. The minimum Gasteiger partial charge on any atom is -0.480 e. The molecule has 0 unspecified atom stereocenters. The molecule has 2 saturated carbocycles. The Morgan fingerprint density at radius 3 is 2.52 bits per heavy atom. The van der Waals surface area contributed by atoms with Crippen LogP contribution in [0, 0.1) is 0 Å². The fourth-order valence-electron chi connectivity index (χ4n) is 4.82. The molecule has 0 atom stereocenters. The van der Waals surface area contributed by atoms with E-state index in [1.54, 1.807) is 30.1 Å². The van der Waals surface area contributed by atoms with Crippen molar-refractivity contribution in [2.75, 3.05) is 12.4 Å². The Labute approximate surface area is 226 Å². The Morgan fingerprint density at radius 2 is 1.82 bits per heavy atom. The van der Waals surface area contributed by atoms with Gasteiger partial charge in [0.15, 0.2) is 23.0 Å². The molecule has 5 aromatic rings. The van der Waals surface area contributed by atoms with Crippen LogP contribution in [0.5, 0.6) is 5.88 Å². The Hall–Kier alpha value is -4.55. The van der Waals surface area contributed by atoms with Crippen LogP contribution < -0.4 is 10.1 Å². The van der Waals surface area contributed by atoms with Crippen LogP contribution in [0.1, 0.15) is 54.6 Å². The van der Waals surface area contributed by atoms with Gasteiger partial charge in [-0.05, 0) is 31.2 Å². The van der Waals surface area contributed by atoms with Crippen molar-refractivity contribution >= 4 is 17.0 Å². The van der Waals surface area contributed by atoms with Gasteiger partial charge in [-0.25, -0.2) is 29.9 Å². The molecule has 0 saturated heterocycles. The quantitative estimate of drug-likeness (QED) is 0.261. The van der Waals surface area contributed by atoms with Crippen molar-refractivity contribution in [1.29, 1.82) is 0 Å². The molecule has 40 heavy (non-hydrogen) atoms. The van der Waals surface area contributed by atoms with E-state index in [0.717, 1.165) is 43.1 Å². The zero-order valence-electron chi connectivity index (χ0n) is 21.4. The molecule has 0 amide bonds. The van der Waals surface area contributed by atoms with Crippen LogP contribution in [-0.2, 0) is 12.7 Å². The average molecular weight is 548 g/mol. The predicted molar refractivity (Wildman–Crippen MR) is 139 cm³/mol. The van der Waals surface area contributed by atoms with Gasteiger partial charge in [0.05, 0.1) is 19.1 Å². The highest BCUT2D eigenvalue weighted by molar-refractivity contribution is 5.85. The minimum absolute atomic E-state index is 0.0674. The third-order valence-corrected chi connectivity index (χ3v) is 7.14. The van der Waals surface area contributed by atoms with Crippen molar-refractivity contribution in [3.05, 3.63) is 60.1 Å². The third-order valence-electron chi connectivity index (χ3n) is 7.14. The largest absolute Gasteiger partial charge is 0.480 e. The van der Waals surface area contributed by atoms with Crippen LogP contribution in [0.15, 0.2) is 43.1 Å². The van der Waals surface area contributed by atoms with Crippen LogP contribution in [-0.4, -0.2) is 46.6 Å². The summed E-state index contributed by atoms with van der Waals surface area (Å²) in [6.07, 6.45) is 3.47. The normalized spacial score (nSPS) is 15.5. The van der Waals surface area contributed by atoms with E-state index >= 15 is 0 Å². The van der Waals surface area contributed by atoms with Crippen LogP contribution in [0.4, 0.5) is 19.0 Å². The van der Waals surface area contributed by atoms with Gasteiger partial charge in [0, 0.05) is 30.3 Å². The lowest BCUT2D eigenvalue weighted by Gasteiger charge is -2.13. The van der Waals surface area contributed by atoms with E-state index in [-0.39, 0.29) is 6.04 Å². The molecule has 1 aromatic carbocycles. The van der Waals surface area contributed by atoms with E-state index in [1.165, 1.54) is 6.33 Å². The minimum atomic E-state index is -4.48.